The monoisotopic (exact) mass is 566 g/mol. The van der Waals surface area contributed by atoms with E-state index in [9.17, 15) is 29.0 Å². The molecule has 0 radical (unpaired) electrons. The van der Waals surface area contributed by atoms with Gasteiger partial charge in [0, 0.05) is 11.1 Å². The summed E-state index contributed by atoms with van der Waals surface area (Å²) in [6, 6.07) is 8.62. The van der Waals surface area contributed by atoms with Crippen LogP contribution in [0, 0.1) is 5.92 Å². The highest BCUT2D eigenvalue weighted by molar-refractivity contribution is 7.32. The molecule has 0 fully saturated rings. The van der Waals surface area contributed by atoms with Crippen LogP contribution in [0.15, 0.2) is 40.8 Å². The first-order chi connectivity index (χ1) is 18.7. The minimum absolute atomic E-state index is 0.00543. The van der Waals surface area contributed by atoms with Gasteiger partial charge in [0.2, 0.25) is 12.3 Å². The summed E-state index contributed by atoms with van der Waals surface area (Å²) in [5, 5.41) is 18.0. The quantitative estimate of drug-likeness (QED) is 0.0479. The van der Waals surface area contributed by atoms with Crippen LogP contribution in [-0.2, 0) is 18.7 Å². The number of amides is 4. The molecule has 3 atom stereocenters. The fourth-order valence-corrected chi connectivity index (χ4v) is 4.14. The lowest BCUT2D eigenvalue weighted by molar-refractivity contribution is -0.168. The van der Waals surface area contributed by atoms with Crippen LogP contribution in [0.4, 0.5) is 0 Å². The highest BCUT2D eigenvalue weighted by Crippen LogP contribution is 2.23. The van der Waals surface area contributed by atoms with Crippen LogP contribution < -0.4 is 16.0 Å². The van der Waals surface area contributed by atoms with E-state index in [0.717, 1.165) is 19.3 Å². The van der Waals surface area contributed by atoms with E-state index >= 15 is 0 Å². The number of benzene rings is 1. The number of nitrogens with one attached hydrogen (secondary N) is 3. The minimum atomic E-state index is -3.14. The van der Waals surface area contributed by atoms with Gasteiger partial charge in [0.05, 0.1) is 18.6 Å². The molecule has 214 valence electrons. The molecule has 0 aliphatic heterocycles. The standard InChI is InChI=1S/C25H35N4O9P/c1-3-5-6-7-19(20(4-2)29(34)16-30)24(32)26-14-27-25(33)22-13-12-21(38-22)17-8-10-18(11-9-17)23(31)28-15-37-39(35)36/h8-13,16,19-20,34,39H,3-7,14-15H2,1-2H3,(H,26,32)(H,27,33)(H,28,31)(H,35,36)/t19-,20-/m1/s1. The molecule has 1 aromatic carbocycles. The molecule has 1 unspecified atom stereocenters. The Labute approximate surface area is 226 Å². The Morgan fingerprint density at radius 2 is 1.77 bits per heavy atom. The van der Waals surface area contributed by atoms with Crippen molar-refractivity contribution in [1.82, 2.24) is 21.0 Å². The molecule has 5 N–H and O–H groups in total. The van der Waals surface area contributed by atoms with E-state index in [2.05, 4.69) is 20.5 Å². The third-order valence-corrected chi connectivity index (χ3v) is 6.38. The number of hydrogen-bond acceptors (Lipinski definition) is 8. The topological polar surface area (TPSA) is 188 Å². The van der Waals surface area contributed by atoms with Crippen molar-refractivity contribution in [2.45, 2.75) is 52.0 Å². The molecule has 0 aliphatic carbocycles. The van der Waals surface area contributed by atoms with Gasteiger partial charge in [-0.3, -0.25) is 33.5 Å². The average molecular weight is 567 g/mol. The summed E-state index contributed by atoms with van der Waals surface area (Å²) < 4.78 is 20.6. The highest BCUT2D eigenvalue weighted by atomic mass is 31.1. The lowest BCUT2D eigenvalue weighted by Crippen LogP contribution is -2.47. The molecule has 1 heterocycles. The molecule has 0 saturated heterocycles. The highest BCUT2D eigenvalue weighted by Gasteiger charge is 2.30. The second-order valence-electron chi connectivity index (χ2n) is 8.59. The predicted octanol–water partition coefficient (Wildman–Crippen LogP) is 2.66. The van der Waals surface area contributed by atoms with Gasteiger partial charge in [0.1, 0.15) is 12.5 Å². The summed E-state index contributed by atoms with van der Waals surface area (Å²) in [5.41, 5.74) is 0.885. The summed E-state index contributed by atoms with van der Waals surface area (Å²) in [6.45, 7) is 3.22. The van der Waals surface area contributed by atoms with E-state index in [1.165, 1.54) is 18.2 Å². The molecule has 14 heteroatoms. The lowest BCUT2D eigenvalue weighted by Gasteiger charge is -2.29. The number of hydrogen-bond donors (Lipinski definition) is 5. The van der Waals surface area contributed by atoms with Gasteiger partial charge in [-0.25, -0.2) is 5.06 Å². The van der Waals surface area contributed by atoms with Gasteiger partial charge >= 0.3 is 8.25 Å². The number of hydroxylamine groups is 2. The molecule has 0 spiro atoms. The van der Waals surface area contributed by atoms with Gasteiger partial charge in [-0.05, 0) is 37.1 Å². The van der Waals surface area contributed by atoms with E-state index in [4.69, 9.17) is 9.31 Å². The molecule has 39 heavy (non-hydrogen) atoms. The van der Waals surface area contributed by atoms with Gasteiger partial charge in [-0.2, -0.15) is 0 Å². The Bertz CT molecular complexity index is 1120. The smallest absolute Gasteiger partial charge is 0.318 e. The first-order valence-corrected chi connectivity index (χ1v) is 13.8. The van der Waals surface area contributed by atoms with Crippen LogP contribution in [0.3, 0.4) is 0 Å². The van der Waals surface area contributed by atoms with Crippen LogP contribution in [0.1, 0.15) is 66.9 Å². The van der Waals surface area contributed by atoms with Crippen molar-refractivity contribution >= 4 is 32.4 Å². The molecule has 1 aromatic heterocycles. The first-order valence-electron chi connectivity index (χ1n) is 12.5. The second-order valence-corrected chi connectivity index (χ2v) is 9.41. The first kappa shape index (κ1) is 31.7. The molecular weight excluding hydrogens is 531 g/mol. The Morgan fingerprint density at radius 1 is 1.05 bits per heavy atom. The predicted molar refractivity (Wildman–Crippen MR) is 141 cm³/mol. The molecule has 4 amide bonds. The Kier molecular flexibility index (Phi) is 13.4. The third-order valence-electron chi connectivity index (χ3n) is 5.99. The number of carbonyl (C=O) groups is 4. The molecule has 13 nitrogen and oxygen atoms in total. The van der Waals surface area contributed by atoms with Gasteiger partial charge in [-0.1, -0.05) is 45.2 Å². The second kappa shape index (κ2) is 16.5. The summed E-state index contributed by atoms with van der Waals surface area (Å²) in [6.07, 6.45) is 3.76. The molecular formula is C25H35N4O9P. The number of carbonyl (C=O) groups excluding carboxylic acids is 4. The van der Waals surface area contributed by atoms with Gasteiger partial charge in [0.15, 0.2) is 5.76 Å². The maximum absolute atomic E-state index is 12.8. The summed E-state index contributed by atoms with van der Waals surface area (Å²) in [5.74, 6) is -1.71. The zero-order chi connectivity index (χ0) is 28.8. The van der Waals surface area contributed by atoms with Gasteiger partial charge < -0.3 is 25.3 Å². The largest absolute Gasteiger partial charge is 0.451 e. The number of unbranched alkanes of at least 4 members (excludes halogenated alkanes) is 2. The SMILES string of the molecule is CCCCC[C@@H](C(=O)NCNC(=O)c1ccc(-c2ccc(C(=O)NCO[PH](=O)O)cc2)o1)[C@@H](CC)N(O)C=O. The van der Waals surface area contributed by atoms with E-state index in [-0.39, 0.29) is 30.3 Å². The molecule has 0 saturated carbocycles. The Hall–Kier alpha value is -3.51. The summed E-state index contributed by atoms with van der Waals surface area (Å²) in [7, 11) is -3.14. The number of furan rings is 1. The van der Waals surface area contributed by atoms with Crippen molar-refractivity contribution in [1.29, 1.82) is 0 Å². The van der Waals surface area contributed by atoms with Crippen molar-refractivity contribution in [3.63, 3.8) is 0 Å². The van der Waals surface area contributed by atoms with Gasteiger partial charge in [-0.15, -0.1) is 0 Å². The molecule has 2 aromatic rings. The van der Waals surface area contributed by atoms with E-state index < -0.39 is 38.8 Å². The molecule has 0 aliphatic rings. The fraction of sp³-hybridized carbons (Fsp3) is 0.440. The van der Waals surface area contributed by atoms with E-state index in [0.29, 0.717) is 29.2 Å². The van der Waals surface area contributed by atoms with E-state index in [1.54, 1.807) is 25.1 Å². The van der Waals surface area contributed by atoms with Crippen LogP contribution in [0.5, 0.6) is 0 Å². The zero-order valence-corrected chi connectivity index (χ0v) is 22.8. The van der Waals surface area contributed by atoms with Crippen LogP contribution in [0.2, 0.25) is 0 Å². The number of nitrogens with zero attached hydrogens (tertiary/aromatic N) is 1. The van der Waals surface area contributed by atoms with Crippen molar-refractivity contribution < 1.29 is 42.8 Å². The van der Waals surface area contributed by atoms with Crippen LogP contribution >= 0.6 is 8.25 Å². The third kappa shape index (κ3) is 9.95. The van der Waals surface area contributed by atoms with Crippen molar-refractivity contribution in [3.05, 3.63) is 47.7 Å². The Balaban J connectivity index is 1.93. The minimum Gasteiger partial charge on any atom is -0.451 e. The summed E-state index contributed by atoms with van der Waals surface area (Å²) in [4.78, 5) is 57.1. The van der Waals surface area contributed by atoms with Crippen molar-refractivity contribution in [3.8, 4) is 11.3 Å². The van der Waals surface area contributed by atoms with Crippen molar-refractivity contribution in [2.75, 3.05) is 13.4 Å². The normalized spacial score (nSPS) is 13.1. The van der Waals surface area contributed by atoms with Crippen LogP contribution in [-0.4, -0.2) is 58.7 Å². The average Bonchev–Trinajstić information content (AvgIpc) is 3.42. The van der Waals surface area contributed by atoms with Gasteiger partial charge in [0.25, 0.3) is 11.8 Å². The summed E-state index contributed by atoms with van der Waals surface area (Å²) >= 11 is 0. The van der Waals surface area contributed by atoms with E-state index in [1.807, 2.05) is 6.92 Å². The lowest BCUT2D eigenvalue weighted by atomic mass is 9.90. The Morgan fingerprint density at radius 3 is 2.38 bits per heavy atom. The molecule has 2 rings (SSSR count). The molecule has 0 bridgehead atoms. The van der Waals surface area contributed by atoms with Crippen molar-refractivity contribution in [2.24, 2.45) is 5.92 Å². The zero-order valence-electron chi connectivity index (χ0n) is 21.8. The number of rotatable bonds is 17. The maximum atomic E-state index is 12.8. The fourth-order valence-electron chi connectivity index (χ4n) is 3.94. The van der Waals surface area contributed by atoms with Crippen LogP contribution in [0.25, 0.3) is 11.3 Å². The maximum Gasteiger partial charge on any atom is 0.318 e.